The van der Waals surface area contributed by atoms with E-state index < -0.39 is 0 Å². The van der Waals surface area contributed by atoms with Gasteiger partial charge in [0.1, 0.15) is 11.4 Å². The second kappa shape index (κ2) is 4.18. The number of aromatic amines is 1. The molecule has 92 valence electrons. The highest BCUT2D eigenvalue weighted by Crippen LogP contribution is 2.15. The highest BCUT2D eigenvalue weighted by atomic mass is 16.1. The summed E-state index contributed by atoms with van der Waals surface area (Å²) < 4.78 is 1.46. The first kappa shape index (κ1) is 10.8. The standard InChI is InChI=1S/C13H14N4O/c14-12-11(10-7-4-8-15-10)13(18)17(16-12)9-5-2-1-3-6-9/h1-3,5-6,16H,4,7-8,14H2. The van der Waals surface area contributed by atoms with Crippen LogP contribution in [0.5, 0.6) is 0 Å². The third kappa shape index (κ3) is 1.64. The Morgan fingerprint density at radius 2 is 2.06 bits per heavy atom. The van der Waals surface area contributed by atoms with Gasteiger partial charge in [0.2, 0.25) is 0 Å². The second-order valence-corrected chi connectivity index (χ2v) is 4.31. The molecule has 0 saturated heterocycles. The smallest absolute Gasteiger partial charge is 0.282 e. The van der Waals surface area contributed by atoms with Crippen molar-refractivity contribution in [1.29, 1.82) is 0 Å². The van der Waals surface area contributed by atoms with Crippen LogP contribution >= 0.6 is 0 Å². The number of nitrogens with two attached hydrogens (primary N) is 1. The SMILES string of the molecule is Nc1[nH]n(-c2ccccc2)c(=O)c1C1=NCCC1. The zero-order chi connectivity index (χ0) is 12.5. The number of aliphatic imine (C=N–C) groups is 1. The molecule has 1 aromatic heterocycles. The third-order valence-corrected chi connectivity index (χ3v) is 3.10. The summed E-state index contributed by atoms with van der Waals surface area (Å²) in [5.41, 5.74) is 7.90. The van der Waals surface area contributed by atoms with Crippen LogP contribution in [-0.2, 0) is 0 Å². The van der Waals surface area contributed by atoms with Crippen LogP contribution in [0.15, 0.2) is 40.1 Å². The van der Waals surface area contributed by atoms with Crippen LogP contribution in [0.3, 0.4) is 0 Å². The summed E-state index contributed by atoms with van der Waals surface area (Å²) in [5, 5.41) is 2.91. The van der Waals surface area contributed by atoms with E-state index in [1.165, 1.54) is 4.68 Å². The summed E-state index contributed by atoms with van der Waals surface area (Å²) in [6, 6.07) is 9.38. The van der Waals surface area contributed by atoms with Crippen molar-refractivity contribution < 1.29 is 0 Å². The summed E-state index contributed by atoms with van der Waals surface area (Å²) in [4.78, 5) is 16.7. The average molecular weight is 242 g/mol. The monoisotopic (exact) mass is 242 g/mol. The van der Waals surface area contributed by atoms with Gasteiger partial charge >= 0.3 is 0 Å². The fourth-order valence-corrected chi connectivity index (χ4v) is 2.24. The van der Waals surface area contributed by atoms with Crippen molar-refractivity contribution in [2.24, 2.45) is 4.99 Å². The number of aromatic nitrogens is 2. The Labute approximate surface area is 104 Å². The molecule has 18 heavy (non-hydrogen) atoms. The maximum Gasteiger partial charge on any atom is 0.282 e. The predicted octanol–water partition coefficient (Wildman–Crippen LogP) is 1.33. The molecule has 0 radical (unpaired) electrons. The Morgan fingerprint density at radius 3 is 2.72 bits per heavy atom. The van der Waals surface area contributed by atoms with Crippen molar-refractivity contribution in [3.8, 4) is 5.69 Å². The molecule has 3 rings (SSSR count). The van der Waals surface area contributed by atoms with E-state index >= 15 is 0 Å². The van der Waals surface area contributed by atoms with Crippen LogP contribution in [0.1, 0.15) is 18.4 Å². The lowest BCUT2D eigenvalue weighted by atomic mass is 10.1. The van der Waals surface area contributed by atoms with Crippen LogP contribution in [0.2, 0.25) is 0 Å². The van der Waals surface area contributed by atoms with Gasteiger partial charge in [-0.2, -0.15) is 0 Å². The highest BCUT2D eigenvalue weighted by molar-refractivity contribution is 6.04. The van der Waals surface area contributed by atoms with Gasteiger partial charge in [0.15, 0.2) is 0 Å². The van der Waals surface area contributed by atoms with E-state index in [1.807, 2.05) is 30.3 Å². The zero-order valence-electron chi connectivity index (χ0n) is 9.89. The van der Waals surface area contributed by atoms with Crippen LogP contribution in [0.25, 0.3) is 5.69 Å². The maximum absolute atomic E-state index is 12.3. The molecule has 5 nitrogen and oxygen atoms in total. The Morgan fingerprint density at radius 1 is 1.28 bits per heavy atom. The lowest BCUT2D eigenvalue weighted by Crippen LogP contribution is -2.20. The molecule has 1 aliphatic rings. The van der Waals surface area contributed by atoms with Gasteiger partial charge in [0.25, 0.3) is 5.56 Å². The summed E-state index contributed by atoms with van der Waals surface area (Å²) in [6.45, 7) is 0.782. The first-order chi connectivity index (χ1) is 8.77. The van der Waals surface area contributed by atoms with Gasteiger partial charge in [-0.25, -0.2) is 4.68 Å². The molecule has 2 aromatic rings. The van der Waals surface area contributed by atoms with Crippen molar-refractivity contribution in [2.75, 3.05) is 12.3 Å². The van der Waals surface area contributed by atoms with E-state index in [4.69, 9.17) is 5.73 Å². The number of H-pyrrole nitrogens is 1. The van der Waals surface area contributed by atoms with Crippen LogP contribution in [0, 0.1) is 0 Å². The van der Waals surface area contributed by atoms with E-state index in [2.05, 4.69) is 10.1 Å². The topological polar surface area (TPSA) is 76.2 Å². The summed E-state index contributed by atoms with van der Waals surface area (Å²) in [7, 11) is 0. The average Bonchev–Trinajstić information content (AvgIpc) is 2.99. The second-order valence-electron chi connectivity index (χ2n) is 4.31. The van der Waals surface area contributed by atoms with Crippen LogP contribution in [0.4, 0.5) is 5.82 Å². The normalized spacial score (nSPS) is 14.8. The number of anilines is 1. The van der Waals surface area contributed by atoms with Crippen molar-refractivity contribution in [3.63, 3.8) is 0 Å². The number of nitrogen functional groups attached to an aromatic ring is 1. The zero-order valence-corrected chi connectivity index (χ0v) is 9.89. The Hall–Kier alpha value is -2.30. The molecule has 1 aliphatic heterocycles. The van der Waals surface area contributed by atoms with E-state index in [9.17, 15) is 4.79 Å². The Kier molecular flexibility index (Phi) is 2.51. The van der Waals surface area contributed by atoms with E-state index in [-0.39, 0.29) is 5.56 Å². The molecule has 0 amide bonds. The first-order valence-corrected chi connectivity index (χ1v) is 5.97. The molecular formula is C13H14N4O. The van der Waals surface area contributed by atoms with Crippen molar-refractivity contribution in [1.82, 2.24) is 9.78 Å². The van der Waals surface area contributed by atoms with Gasteiger partial charge in [-0.1, -0.05) is 18.2 Å². The largest absolute Gasteiger partial charge is 0.383 e. The highest BCUT2D eigenvalue weighted by Gasteiger charge is 2.20. The number of nitrogens with one attached hydrogen (secondary N) is 1. The molecule has 0 unspecified atom stereocenters. The van der Waals surface area contributed by atoms with E-state index in [1.54, 1.807) is 0 Å². The maximum atomic E-state index is 12.3. The van der Waals surface area contributed by atoms with E-state index in [0.29, 0.717) is 11.4 Å². The lowest BCUT2D eigenvalue weighted by Gasteiger charge is -1.99. The number of nitrogens with zero attached hydrogens (tertiary/aromatic N) is 2. The van der Waals surface area contributed by atoms with Gasteiger partial charge in [0, 0.05) is 6.54 Å². The predicted molar refractivity (Wildman–Crippen MR) is 71.4 cm³/mol. The number of hydrogen-bond donors (Lipinski definition) is 2. The number of rotatable bonds is 2. The molecule has 0 aliphatic carbocycles. The number of hydrogen-bond acceptors (Lipinski definition) is 3. The summed E-state index contributed by atoms with van der Waals surface area (Å²) in [6.07, 6.45) is 1.82. The van der Waals surface area contributed by atoms with Gasteiger partial charge in [-0.05, 0) is 25.0 Å². The molecule has 0 bridgehead atoms. The Balaban J connectivity index is 2.15. The van der Waals surface area contributed by atoms with E-state index in [0.717, 1.165) is 30.8 Å². The molecule has 3 N–H and O–H groups in total. The fraction of sp³-hybridized carbons (Fsp3) is 0.231. The van der Waals surface area contributed by atoms with Crippen molar-refractivity contribution in [2.45, 2.75) is 12.8 Å². The van der Waals surface area contributed by atoms with Gasteiger partial charge in [0.05, 0.1) is 11.4 Å². The van der Waals surface area contributed by atoms with Crippen molar-refractivity contribution in [3.05, 3.63) is 46.2 Å². The summed E-state index contributed by atoms with van der Waals surface area (Å²) in [5.74, 6) is 0.393. The quantitative estimate of drug-likeness (QED) is 0.833. The molecule has 2 heterocycles. The molecule has 5 heteroatoms. The first-order valence-electron chi connectivity index (χ1n) is 5.97. The van der Waals surface area contributed by atoms with Crippen LogP contribution < -0.4 is 11.3 Å². The minimum Gasteiger partial charge on any atom is -0.383 e. The van der Waals surface area contributed by atoms with Gasteiger partial charge < -0.3 is 5.73 Å². The minimum absolute atomic E-state index is 0.126. The molecular weight excluding hydrogens is 228 g/mol. The van der Waals surface area contributed by atoms with Crippen LogP contribution in [-0.4, -0.2) is 22.0 Å². The molecule has 0 saturated carbocycles. The third-order valence-electron chi connectivity index (χ3n) is 3.10. The number of para-hydroxylation sites is 1. The molecule has 1 aromatic carbocycles. The molecule has 0 spiro atoms. The van der Waals surface area contributed by atoms with Gasteiger partial charge in [-0.15, -0.1) is 0 Å². The van der Waals surface area contributed by atoms with Crippen molar-refractivity contribution >= 4 is 11.5 Å². The van der Waals surface area contributed by atoms with Gasteiger partial charge in [-0.3, -0.25) is 14.9 Å². The Bertz CT molecular complexity index is 651. The fourth-order valence-electron chi connectivity index (χ4n) is 2.24. The molecule has 0 atom stereocenters. The minimum atomic E-state index is -0.126. The lowest BCUT2D eigenvalue weighted by molar-refractivity contribution is 0.853. The molecule has 0 fully saturated rings. The number of benzene rings is 1. The summed E-state index contributed by atoms with van der Waals surface area (Å²) >= 11 is 0.